The number of rotatable bonds is 6. The van der Waals surface area contributed by atoms with Crippen LogP contribution in [-0.2, 0) is 11.2 Å². The van der Waals surface area contributed by atoms with Crippen molar-refractivity contribution in [2.24, 2.45) is 9.98 Å². The number of hydrogen-bond acceptors (Lipinski definition) is 6. The standard InChI is InChI=1S/C33H34N7O2/c1-21(41)39-16-25(17-39)29-14-24(28(22-6-3-2-4-7-22)15-31(29)40-19-34-18-35-20-40)13-26-12-23(10-11-36-26)27-8-5-9-30-32(27)38-33(42)37-30/h2-9,14-15,18-19,23,25-26,36H,10-13,16-17,20H2,1H3,(H,37,42). The Bertz CT molecular complexity index is 1580. The van der Waals surface area contributed by atoms with Gasteiger partial charge < -0.3 is 20.4 Å². The third-order valence-electron chi connectivity index (χ3n) is 8.92. The molecule has 4 aliphatic rings. The van der Waals surface area contributed by atoms with E-state index in [4.69, 9.17) is 0 Å². The van der Waals surface area contributed by atoms with Crippen LogP contribution in [-0.4, -0.2) is 61.9 Å². The zero-order chi connectivity index (χ0) is 28.6. The number of amides is 3. The molecule has 0 aliphatic carbocycles. The second kappa shape index (κ2) is 11.1. The van der Waals surface area contributed by atoms with Crippen LogP contribution in [0.15, 0.2) is 70.6 Å². The lowest BCUT2D eigenvalue weighted by Crippen LogP contribution is -2.48. The van der Waals surface area contributed by atoms with E-state index in [0.29, 0.717) is 12.6 Å². The first-order valence-corrected chi connectivity index (χ1v) is 14.7. The molecule has 2 atom stereocenters. The topological polar surface area (TPSA) is 104 Å². The van der Waals surface area contributed by atoms with E-state index in [1.807, 2.05) is 29.4 Å². The maximum absolute atomic E-state index is 12.0. The maximum Gasteiger partial charge on any atom is 0.346 e. The lowest BCUT2D eigenvalue weighted by Gasteiger charge is -2.41. The number of aliphatic imine (C=N–C) groups is 2. The van der Waals surface area contributed by atoms with E-state index in [2.05, 4.69) is 73.3 Å². The molecular weight excluding hydrogens is 526 g/mol. The third kappa shape index (κ3) is 5.05. The van der Waals surface area contributed by atoms with Crippen LogP contribution in [0.5, 0.6) is 0 Å². The highest BCUT2D eigenvalue weighted by molar-refractivity contribution is 6.03. The smallest absolute Gasteiger partial charge is 0.342 e. The number of benzene rings is 3. The summed E-state index contributed by atoms with van der Waals surface area (Å²) in [6, 6.07) is 21.3. The first kappa shape index (κ1) is 26.4. The first-order chi connectivity index (χ1) is 20.5. The van der Waals surface area contributed by atoms with Gasteiger partial charge >= 0.3 is 6.03 Å². The molecule has 2 N–H and O–H groups in total. The first-order valence-electron chi connectivity index (χ1n) is 14.7. The number of likely N-dealkylation sites (tertiary alicyclic amines) is 1. The average Bonchev–Trinajstić information content (AvgIpc) is 3.38. The van der Waals surface area contributed by atoms with Crippen molar-refractivity contribution in [2.75, 3.05) is 36.5 Å². The molecule has 42 heavy (non-hydrogen) atoms. The third-order valence-corrected chi connectivity index (χ3v) is 8.92. The largest absolute Gasteiger partial charge is 0.346 e. The molecule has 7 rings (SSSR count). The highest BCUT2D eigenvalue weighted by Gasteiger charge is 2.34. The monoisotopic (exact) mass is 560 g/mol. The number of fused-ring (bicyclic) bond motifs is 1. The zero-order valence-corrected chi connectivity index (χ0v) is 23.7. The fourth-order valence-electron chi connectivity index (χ4n) is 6.74. The lowest BCUT2D eigenvalue weighted by molar-refractivity contribution is -0.133. The van der Waals surface area contributed by atoms with Gasteiger partial charge in [0.25, 0.3) is 0 Å². The number of urea groups is 1. The van der Waals surface area contributed by atoms with Crippen LogP contribution in [0.2, 0.25) is 0 Å². The molecule has 0 bridgehead atoms. The second-order valence-electron chi connectivity index (χ2n) is 11.6. The molecule has 0 saturated carbocycles. The minimum Gasteiger partial charge on any atom is -0.342 e. The number of hydrogen-bond donors (Lipinski definition) is 2. The molecule has 2 saturated heterocycles. The van der Waals surface area contributed by atoms with Crippen molar-refractivity contribution in [1.29, 1.82) is 0 Å². The van der Waals surface area contributed by atoms with Crippen LogP contribution in [0, 0.1) is 0 Å². The molecular formula is C33H34N7O2. The molecule has 0 spiro atoms. The Morgan fingerprint density at radius 3 is 2.67 bits per heavy atom. The van der Waals surface area contributed by atoms with E-state index in [1.54, 1.807) is 13.3 Å². The Balaban J connectivity index is 1.23. The van der Waals surface area contributed by atoms with E-state index >= 15 is 0 Å². The highest BCUT2D eigenvalue weighted by atomic mass is 16.2. The van der Waals surface area contributed by atoms with Crippen LogP contribution in [0.4, 0.5) is 21.9 Å². The van der Waals surface area contributed by atoms with Gasteiger partial charge in [-0.25, -0.2) is 9.79 Å². The number of carbonyl (C=O) groups excluding carboxylic acids is 2. The fraction of sp³-hybridized carbons (Fsp3) is 0.333. The summed E-state index contributed by atoms with van der Waals surface area (Å²) in [6.07, 6.45) is 6.27. The molecule has 213 valence electrons. The number of nitrogens with one attached hydrogen (secondary N) is 2. The predicted octanol–water partition coefficient (Wildman–Crippen LogP) is 4.99. The predicted molar refractivity (Wildman–Crippen MR) is 166 cm³/mol. The van der Waals surface area contributed by atoms with Gasteiger partial charge in [-0.15, -0.1) is 0 Å². The normalized spacial score (nSPS) is 21.5. The summed E-state index contributed by atoms with van der Waals surface area (Å²) in [5.41, 5.74) is 8.77. The zero-order valence-electron chi connectivity index (χ0n) is 23.7. The number of nitrogens with zero attached hydrogens (tertiary/aromatic N) is 5. The van der Waals surface area contributed by atoms with Crippen molar-refractivity contribution in [3.8, 4) is 11.1 Å². The minimum atomic E-state index is -0.285. The summed E-state index contributed by atoms with van der Waals surface area (Å²) in [6.45, 7) is 4.51. The molecule has 3 aromatic carbocycles. The Morgan fingerprint density at radius 2 is 1.88 bits per heavy atom. The molecule has 3 amide bonds. The van der Waals surface area contributed by atoms with Crippen molar-refractivity contribution >= 4 is 41.7 Å². The van der Waals surface area contributed by atoms with Gasteiger partial charge in [0.1, 0.15) is 13.0 Å². The summed E-state index contributed by atoms with van der Waals surface area (Å²) in [5, 5.41) is 10.9. The average molecular weight is 561 g/mol. The van der Waals surface area contributed by atoms with Crippen LogP contribution in [0.25, 0.3) is 11.1 Å². The van der Waals surface area contributed by atoms with Gasteiger partial charge in [0.2, 0.25) is 5.91 Å². The van der Waals surface area contributed by atoms with Crippen molar-refractivity contribution in [1.82, 2.24) is 15.5 Å². The Hall–Kier alpha value is -4.50. The fourth-order valence-corrected chi connectivity index (χ4v) is 6.74. The summed E-state index contributed by atoms with van der Waals surface area (Å²) in [5.74, 6) is 0.698. The van der Waals surface area contributed by atoms with E-state index in [9.17, 15) is 9.59 Å². The molecule has 0 aromatic heterocycles. The van der Waals surface area contributed by atoms with Crippen molar-refractivity contribution in [2.45, 2.75) is 44.1 Å². The van der Waals surface area contributed by atoms with Crippen LogP contribution in [0.1, 0.15) is 48.3 Å². The molecule has 4 aliphatic heterocycles. The Labute approximate surface area is 245 Å². The van der Waals surface area contributed by atoms with Crippen LogP contribution in [0.3, 0.4) is 0 Å². The molecule has 2 unspecified atom stereocenters. The van der Waals surface area contributed by atoms with Gasteiger partial charge in [0.15, 0.2) is 0 Å². The van der Waals surface area contributed by atoms with Gasteiger partial charge in [-0.1, -0.05) is 48.5 Å². The van der Waals surface area contributed by atoms with Gasteiger partial charge in [-0.3, -0.25) is 9.79 Å². The molecule has 9 heteroatoms. The van der Waals surface area contributed by atoms with Crippen molar-refractivity contribution < 1.29 is 9.59 Å². The van der Waals surface area contributed by atoms with E-state index in [-0.39, 0.29) is 23.9 Å². The number of carbonyl (C=O) groups is 2. The Kier molecular flexibility index (Phi) is 6.95. The highest BCUT2D eigenvalue weighted by Crippen LogP contribution is 2.42. The summed E-state index contributed by atoms with van der Waals surface area (Å²) < 4.78 is 0. The number of piperidine rings is 1. The quantitative estimate of drug-likeness (QED) is 0.443. The minimum absolute atomic E-state index is 0.117. The van der Waals surface area contributed by atoms with E-state index < -0.39 is 0 Å². The summed E-state index contributed by atoms with van der Waals surface area (Å²) >= 11 is 0. The summed E-state index contributed by atoms with van der Waals surface area (Å²) in [7, 11) is 0. The van der Waals surface area contributed by atoms with Gasteiger partial charge in [0, 0.05) is 37.7 Å². The Morgan fingerprint density at radius 1 is 1.02 bits per heavy atom. The number of para-hydroxylation sites is 1. The molecule has 3 aromatic rings. The molecule has 4 heterocycles. The SMILES string of the molecule is CC(=O)N1CC(c2cc(CC3CC(c4cccc5c4[N]C(=O)N5)CCN3)c(-c3ccccc3)cc2N2C=NC=NC2)C1. The van der Waals surface area contributed by atoms with Crippen LogP contribution < -0.4 is 20.9 Å². The maximum atomic E-state index is 12.0. The van der Waals surface area contributed by atoms with E-state index in [1.165, 1.54) is 22.3 Å². The van der Waals surface area contributed by atoms with Gasteiger partial charge in [0.05, 0.1) is 17.7 Å². The molecule has 2 fully saturated rings. The summed E-state index contributed by atoms with van der Waals surface area (Å²) in [4.78, 5) is 36.7. The van der Waals surface area contributed by atoms with Crippen LogP contribution >= 0.6 is 0 Å². The number of anilines is 2. The van der Waals surface area contributed by atoms with Gasteiger partial charge in [-0.2, -0.15) is 5.32 Å². The van der Waals surface area contributed by atoms with Gasteiger partial charge in [-0.05, 0) is 71.7 Å². The lowest BCUT2D eigenvalue weighted by atomic mass is 9.81. The van der Waals surface area contributed by atoms with Crippen molar-refractivity contribution in [3.05, 3.63) is 77.4 Å². The van der Waals surface area contributed by atoms with Crippen molar-refractivity contribution in [3.63, 3.8) is 0 Å². The molecule has 9 nitrogen and oxygen atoms in total. The van der Waals surface area contributed by atoms with E-state index in [0.717, 1.165) is 61.5 Å². The molecule has 1 radical (unpaired) electrons. The second-order valence-corrected chi connectivity index (χ2v) is 11.6.